The van der Waals surface area contributed by atoms with Crippen molar-refractivity contribution in [1.29, 1.82) is 0 Å². The van der Waals surface area contributed by atoms with Crippen LogP contribution in [0.4, 0.5) is 0 Å². The molecular weight excluding hydrogens is 224 g/mol. The van der Waals surface area contributed by atoms with Crippen LogP contribution in [0.25, 0.3) is 0 Å². The molecular formula is C15H28N2O. The third-order valence-corrected chi connectivity index (χ3v) is 3.40. The van der Waals surface area contributed by atoms with Crippen LogP contribution in [0.2, 0.25) is 0 Å². The van der Waals surface area contributed by atoms with Gasteiger partial charge in [0.15, 0.2) is 0 Å². The number of nitrogens with one attached hydrogen (secondary N) is 1. The molecule has 2 atom stereocenters. The largest absolute Gasteiger partial charge is 0.468 e. The number of hydrogen-bond donors (Lipinski definition) is 1. The van der Waals surface area contributed by atoms with E-state index in [0.29, 0.717) is 12.1 Å². The SMILES string of the molecule is CCCCCC(C)NCC(c1ccco1)N(C)C. The molecule has 0 saturated heterocycles. The summed E-state index contributed by atoms with van der Waals surface area (Å²) in [6.07, 6.45) is 6.95. The quantitative estimate of drug-likeness (QED) is 0.682. The highest BCUT2D eigenvalue weighted by molar-refractivity contribution is 5.05. The summed E-state index contributed by atoms with van der Waals surface area (Å²) in [5, 5.41) is 3.61. The number of rotatable bonds is 9. The zero-order chi connectivity index (χ0) is 13.4. The average Bonchev–Trinajstić information content (AvgIpc) is 2.83. The van der Waals surface area contributed by atoms with Crippen molar-refractivity contribution in [3.63, 3.8) is 0 Å². The summed E-state index contributed by atoms with van der Waals surface area (Å²) < 4.78 is 5.51. The normalized spacial score (nSPS) is 14.9. The van der Waals surface area contributed by atoms with E-state index < -0.39 is 0 Å². The Morgan fingerprint density at radius 1 is 1.33 bits per heavy atom. The van der Waals surface area contributed by atoms with E-state index in [1.165, 1.54) is 25.7 Å². The lowest BCUT2D eigenvalue weighted by Gasteiger charge is -2.24. The number of furan rings is 1. The van der Waals surface area contributed by atoms with E-state index in [9.17, 15) is 0 Å². The van der Waals surface area contributed by atoms with Gasteiger partial charge in [0.1, 0.15) is 5.76 Å². The Hall–Kier alpha value is -0.800. The maximum absolute atomic E-state index is 5.51. The van der Waals surface area contributed by atoms with Crippen molar-refractivity contribution in [3.05, 3.63) is 24.2 Å². The minimum atomic E-state index is 0.314. The zero-order valence-corrected chi connectivity index (χ0v) is 12.3. The lowest BCUT2D eigenvalue weighted by atomic mass is 10.1. The molecule has 0 bridgehead atoms. The highest BCUT2D eigenvalue weighted by atomic mass is 16.3. The molecule has 0 aliphatic carbocycles. The van der Waals surface area contributed by atoms with Gasteiger partial charge in [-0.2, -0.15) is 0 Å². The molecule has 1 N–H and O–H groups in total. The minimum Gasteiger partial charge on any atom is -0.468 e. The average molecular weight is 252 g/mol. The molecule has 0 radical (unpaired) electrons. The minimum absolute atomic E-state index is 0.314. The molecule has 2 unspecified atom stereocenters. The summed E-state index contributed by atoms with van der Waals surface area (Å²) in [6, 6.07) is 4.90. The van der Waals surface area contributed by atoms with Crippen molar-refractivity contribution in [2.24, 2.45) is 0 Å². The van der Waals surface area contributed by atoms with Gasteiger partial charge in [-0.3, -0.25) is 4.90 Å². The summed E-state index contributed by atoms with van der Waals surface area (Å²) in [5.41, 5.74) is 0. The third kappa shape index (κ3) is 5.23. The first-order chi connectivity index (χ1) is 8.65. The predicted octanol–water partition coefficient (Wildman–Crippen LogP) is 3.44. The van der Waals surface area contributed by atoms with Crippen molar-refractivity contribution in [2.75, 3.05) is 20.6 Å². The van der Waals surface area contributed by atoms with E-state index >= 15 is 0 Å². The van der Waals surface area contributed by atoms with Gasteiger partial charge < -0.3 is 9.73 Å². The molecule has 104 valence electrons. The van der Waals surface area contributed by atoms with Crippen LogP contribution in [0, 0.1) is 0 Å². The van der Waals surface area contributed by atoms with Gasteiger partial charge in [-0.1, -0.05) is 26.2 Å². The summed E-state index contributed by atoms with van der Waals surface area (Å²) in [4.78, 5) is 2.20. The first kappa shape index (κ1) is 15.3. The van der Waals surface area contributed by atoms with Gasteiger partial charge >= 0.3 is 0 Å². The second-order valence-corrected chi connectivity index (χ2v) is 5.30. The maximum Gasteiger partial charge on any atom is 0.122 e. The van der Waals surface area contributed by atoms with Crippen LogP contribution in [0.1, 0.15) is 51.3 Å². The number of nitrogens with zero attached hydrogens (tertiary/aromatic N) is 1. The second-order valence-electron chi connectivity index (χ2n) is 5.30. The smallest absolute Gasteiger partial charge is 0.122 e. The molecule has 0 aromatic carbocycles. The Labute approximate surface area is 112 Å². The van der Waals surface area contributed by atoms with E-state index in [0.717, 1.165) is 12.3 Å². The van der Waals surface area contributed by atoms with Crippen molar-refractivity contribution in [1.82, 2.24) is 10.2 Å². The molecule has 0 aliphatic heterocycles. The Kier molecular flexibility index (Phi) is 7.06. The van der Waals surface area contributed by atoms with Gasteiger partial charge in [-0.05, 0) is 39.6 Å². The lowest BCUT2D eigenvalue weighted by molar-refractivity contribution is 0.243. The van der Waals surface area contributed by atoms with Crippen molar-refractivity contribution in [3.8, 4) is 0 Å². The van der Waals surface area contributed by atoms with Crippen LogP contribution in [-0.2, 0) is 0 Å². The zero-order valence-electron chi connectivity index (χ0n) is 12.3. The monoisotopic (exact) mass is 252 g/mol. The fraction of sp³-hybridized carbons (Fsp3) is 0.733. The van der Waals surface area contributed by atoms with Crippen LogP contribution in [-0.4, -0.2) is 31.6 Å². The van der Waals surface area contributed by atoms with Crippen LogP contribution in [0.15, 0.2) is 22.8 Å². The molecule has 0 saturated carbocycles. The van der Waals surface area contributed by atoms with Crippen LogP contribution in [0.3, 0.4) is 0 Å². The lowest BCUT2D eigenvalue weighted by Crippen LogP contribution is -2.35. The molecule has 1 aromatic heterocycles. The van der Waals surface area contributed by atoms with E-state index in [4.69, 9.17) is 4.42 Å². The molecule has 1 aromatic rings. The van der Waals surface area contributed by atoms with Crippen molar-refractivity contribution in [2.45, 2.75) is 51.6 Å². The molecule has 3 heteroatoms. The first-order valence-electron chi connectivity index (χ1n) is 7.08. The Balaban J connectivity index is 2.34. The molecule has 1 rings (SSSR count). The van der Waals surface area contributed by atoms with Crippen LogP contribution < -0.4 is 5.32 Å². The van der Waals surface area contributed by atoms with E-state index in [2.05, 4.69) is 38.2 Å². The van der Waals surface area contributed by atoms with Gasteiger partial charge in [0.2, 0.25) is 0 Å². The molecule has 0 amide bonds. The van der Waals surface area contributed by atoms with Crippen LogP contribution in [0.5, 0.6) is 0 Å². The van der Waals surface area contributed by atoms with Crippen molar-refractivity contribution >= 4 is 0 Å². The predicted molar refractivity (Wildman–Crippen MR) is 76.7 cm³/mol. The number of hydrogen-bond acceptors (Lipinski definition) is 3. The second kappa shape index (κ2) is 8.33. The summed E-state index contributed by atoms with van der Waals surface area (Å²) in [5.74, 6) is 1.04. The first-order valence-corrected chi connectivity index (χ1v) is 7.08. The molecule has 18 heavy (non-hydrogen) atoms. The number of unbranched alkanes of at least 4 members (excludes halogenated alkanes) is 2. The topological polar surface area (TPSA) is 28.4 Å². The van der Waals surface area contributed by atoms with Gasteiger partial charge in [-0.25, -0.2) is 0 Å². The fourth-order valence-corrected chi connectivity index (χ4v) is 2.13. The van der Waals surface area contributed by atoms with Crippen molar-refractivity contribution < 1.29 is 4.42 Å². The summed E-state index contributed by atoms with van der Waals surface area (Å²) >= 11 is 0. The Bertz CT molecular complexity index is 295. The van der Waals surface area contributed by atoms with Gasteiger partial charge in [0.05, 0.1) is 12.3 Å². The van der Waals surface area contributed by atoms with Gasteiger partial charge in [0.25, 0.3) is 0 Å². The van der Waals surface area contributed by atoms with E-state index in [1.807, 2.05) is 12.1 Å². The Morgan fingerprint density at radius 2 is 2.11 bits per heavy atom. The maximum atomic E-state index is 5.51. The molecule has 0 fully saturated rings. The fourth-order valence-electron chi connectivity index (χ4n) is 2.13. The summed E-state index contributed by atoms with van der Waals surface area (Å²) in [6.45, 7) is 5.45. The molecule has 0 spiro atoms. The van der Waals surface area contributed by atoms with Gasteiger partial charge in [0, 0.05) is 12.6 Å². The number of likely N-dealkylation sites (N-methyl/N-ethyl adjacent to an activating group) is 1. The standard InChI is InChI=1S/C15H28N2O/c1-5-6-7-9-13(2)16-12-14(17(3)4)15-10-8-11-18-15/h8,10-11,13-14,16H,5-7,9,12H2,1-4H3. The third-order valence-electron chi connectivity index (χ3n) is 3.40. The van der Waals surface area contributed by atoms with Gasteiger partial charge in [-0.15, -0.1) is 0 Å². The molecule has 1 heterocycles. The molecule has 0 aliphatic rings. The Morgan fingerprint density at radius 3 is 2.67 bits per heavy atom. The van der Waals surface area contributed by atoms with E-state index in [-0.39, 0.29) is 0 Å². The highest BCUT2D eigenvalue weighted by Crippen LogP contribution is 2.18. The van der Waals surface area contributed by atoms with E-state index in [1.54, 1.807) is 6.26 Å². The highest BCUT2D eigenvalue weighted by Gasteiger charge is 2.17. The molecule has 3 nitrogen and oxygen atoms in total. The summed E-state index contributed by atoms with van der Waals surface area (Å²) in [7, 11) is 4.19. The van der Waals surface area contributed by atoms with Crippen LogP contribution >= 0.6 is 0 Å².